The highest BCUT2D eigenvalue weighted by Gasteiger charge is 2.40. The lowest BCUT2D eigenvalue weighted by Crippen LogP contribution is -2.51. The number of hydrogen-bond acceptors (Lipinski definition) is 3. The molecule has 1 aromatic heterocycles. The van der Waals surface area contributed by atoms with E-state index < -0.39 is 5.54 Å². The first kappa shape index (κ1) is 18.7. The largest absolute Gasteiger partial charge is 0.364 e. The van der Waals surface area contributed by atoms with Gasteiger partial charge < -0.3 is 10.2 Å². The van der Waals surface area contributed by atoms with Crippen LogP contribution in [-0.4, -0.2) is 39.4 Å². The lowest BCUT2D eigenvalue weighted by atomic mass is 10.0. The Morgan fingerprint density at radius 1 is 1.38 bits per heavy atom. The Labute approximate surface area is 162 Å². The quantitative estimate of drug-likeness (QED) is 0.624. The van der Waals surface area contributed by atoms with Gasteiger partial charge in [0.05, 0.1) is 5.54 Å². The molecular weight excluding hydrogens is 373 g/mol. The second-order valence-corrected chi connectivity index (χ2v) is 7.33. The Morgan fingerprint density at radius 3 is 2.88 bits per heavy atom. The maximum atomic E-state index is 13.3. The summed E-state index contributed by atoms with van der Waals surface area (Å²) in [6.45, 7) is 3.34. The van der Waals surface area contributed by atoms with Gasteiger partial charge in [0, 0.05) is 13.1 Å². The molecule has 136 valence electrons. The first-order chi connectivity index (χ1) is 12.4. The number of pyridine rings is 1. The number of benzene rings is 1. The van der Waals surface area contributed by atoms with Gasteiger partial charge in [-0.25, -0.2) is 9.37 Å². The van der Waals surface area contributed by atoms with Crippen LogP contribution in [0, 0.1) is 5.82 Å². The molecule has 1 saturated heterocycles. The lowest BCUT2D eigenvalue weighted by Gasteiger charge is -2.28. The molecule has 7 heteroatoms. The molecule has 1 N–H and O–H groups in total. The van der Waals surface area contributed by atoms with Crippen molar-refractivity contribution >= 4 is 34.7 Å². The molecule has 1 fully saturated rings. The molecule has 0 unspecified atom stereocenters. The third-order valence-electron chi connectivity index (χ3n) is 4.54. The van der Waals surface area contributed by atoms with Gasteiger partial charge in [0.25, 0.3) is 5.91 Å². The van der Waals surface area contributed by atoms with Crippen molar-refractivity contribution in [3.05, 3.63) is 64.7 Å². The number of hydrogen-bond donors (Lipinski definition) is 1. The first-order valence-corrected chi connectivity index (χ1v) is 9.15. The molecule has 1 aliphatic heterocycles. The van der Waals surface area contributed by atoms with Crippen LogP contribution in [0.2, 0.25) is 5.15 Å². The van der Waals surface area contributed by atoms with E-state index >= 15 is 0 Å². The molecule has 0 radical (unpaired) electrons. The van der Waals surface area contributed by atoms with E-state index in [1.165, 1.54) is 12.1 Å². The monoisotopic (exact) mass is 391 g/mol. The number of halogens is 2. The summed E-state index contributed by atoms with van der Waals surface area (Å²) < 4.78 is 13.3. The van der Waals surface area contributed by atoms with E-state index in [1.54, 1.807) is 24.3 Å². The van der Waals surface area contributed by atoms with Crippen molar-refractivity contribution in [2.45, 2.75) is 25.3 Å². The second-order valence-electron chi connectivity index (χ2n) is 6.55. The molecule has 0 saturated carbocycles. The molecule has 2 heterocycles. The normalized spacial score (nSPS) is 19.7. The molecule has 1 aliphatic rings. The Morgan fingerprint density at radius 2 is 2.15 bits per heavy atom. The summed E-state index contributed by atoms with van der Waals surface area (Å²) >= 11 is 11.5. The topological polar surface area (TPSA) is 45.2 Å². The Bertz CT molecular complexity index is 847. The number of nitrogens with zero attached hydrogens (tertiary/aromatic N) is 2. The van der Waals surface area contributed by atoms with Gasteiger partial charge >= 0.3 is 0 Å². The average Bonchev–Trinajstić information content (AvgIpc) is 2.88. The van der Waals surface area contributed by atoms with Gasteiger partial charge in [-0.3, -0.25) is 4.79 Å². The van der Waals surface area contributed by atoms with Crippen molar-refractivity contribution in [1.82, 2.24) is 15.2 Å². The Hall–Kier alpha value is -2.05. The fourth-order valence-electron chi connectivity index (χ4n) is 3.05. The third-order valence-corrected chi connectivity index (χ3v) is 5.46. The number of rotatable bonds is 5. The van der Waals surface area contributed by atoms with Gasteiger partial charge in [0.2, 0.25) is 0 Å². The Kier molecular flexibility index (Phi) is 5.53. The Balaban J connectivity index is 1.62. The van der Waals surface area contributed by atoms with Crippen molar-refractivity contribution < 1.29 is 9.18 Å². The number of likely N-dealkylation sites (tertiary alicyclic amines) is 1. The fourth-order valence-corrected chi connectivity index (χ4v) is 3.55. The van der Waals surface area contributed by atoms with Crippen LogP contribution in [0.15, 0.2) is 42.5 Å². The van der Waals surface area contributed by atoms with E-state index in [-0.39, 0.29) is 22.6 Å². The van der Waals surface area contributed by atoms with Gasteiger partial charge in [-0.05, 0) is 49.6 Å². The maximum Gasteiger partial charge on any atom is 0.270 e. The summed E-state index contributed by atoms with van der Waals surface area (Å²) in [7, 11) is 0. The number of thiocarbonyl (C=S) groups is 1. The number of amides is 1. The van der Waals surface area contributed by atoms with Crippen molar-refractivity contribution in [2.75, 3.05) is 13.1 Å². The van der Waals surface area contributed by atoms with Crippen LogP contribution in [0.1, 0.15) is 29.4 Å². The van der Waals surface area contributed by atoms with E-state index in [9.17, 15) is 9.18 Å². The summed E-state index contributed by atoms with van der Waals surface area (Å²) in [6, 6.07) is 11.5. The first-order valence-electron chi connectivity index (χ1n) is 8.36. The number of carbonyl (C=O) groups is 1. The number of aromatic nitrogens is 1. The van der Waals surface area contributed by atoms with Crippen LogP contribution in [0.3, 0.4) is 0 Å². The zero-order valence-electron chi connectivity index (χ0n) is 14.3. The van der Waals surface area contributed by atoms with Crippen molar-refractivity contribution in [2.24, 2.45) is 0 Å². The lowest BCUT2D eigenvalue weighted by molar-refractivity contribution is 0.0923. The standard InChI is InChI=1S/C19H19ClFN3OS/c1-19(23-17(25)15-6-3-7-16(20)22-15)9-11-24(18(19)26)10-8-13-4-2-5-14(21)12-13/h2-7,12H,8-11H2,1H3,(H,23,25)/t19-/m0/s1. The molecule has 0 spiro atoms. The van der Waals surface area contributed by atoms with Gasteiger partial charge in [0.15, 0.2) is 0 Å². The summed E-state index contributed by atoms with van der Waals surface area (Å²) in [4.78, 5) is 19.3. The zero-order valence-corrected chi connectivity index (χ0v) is 15.9. The van der Waals surface area contributed by atoms with Crippen molar-refractivity contribution in [3.63, 3.8) is 0 Å². The summed E-state index contributed by atoms with van der Waals surface area (Å²) in [5, 5.41) is 3.25. The van der Waals surface area contributed by atoms with Crippen molar-refractivity contribution in [3.8, 4) is 0 Å². The van der Waals surface area contributed by atoms with Crippen LogP contribution in [-0.2, 0) is 6.42 Å². The minimum absolute atomic E-state index is 0.238. The molecule has 1 aromatic carbocycles. The second kappa shape index (κ2) is 7.68. The van der Waals surface area contributed by atoms with E-state index in [4.69, 9.17) is 23.8 Å². The van der Waals surface area contributed by atoms with Gasteiger partial charge in [-0.15, -0.1) is 0 Å². The van der Waals surface area contributed by atoms with Gasteiger partial charge in [-0.2, -0.15) is 0 Å². The van der Waals surface area contributed by atoms with Crippen molar-refractivity contribution in [1.29, 1.82) is 0 Å². The van der Waals surface area contributed by atoms with Crippen LogP contribution in [0.25, 0.3) is 0 Å². The minimum Gasteiger partial charge on any atom is -0.364 e. The molecule has 2 aromatic rings. The van der Waals surface area contributed by atoms with Crippen LogP contribution in [0.5, 0.6) is 0 Å². The maximum absolute atomic E-state index is 13.3. The smallest absolute Gasteiger partial charge is 0.270 e. The highest BCUT2D eigenvalue weighted by Crippen LogP contribution is 2.25. The fraction of sp³-hybridized carbons (Fsp3) is 0.316. The van der Waals surface area contributed by atoms with E-state index in [0.717, 1.165) is 12.1 Å². The summed E-state index contributed by atoms with van der Waals surface area (Å²) in [5.74, 6) is -0.540. The van der Waals surface area contributed by atoms with Crippen LogP contribution < -0.4 is 5.32 Å². The third kappa shape index (κ3) is 4.19. The van der Waals surface area contributed by atoms with Crippen LogP contribution >= 0.6 is 23.8 Å². The molecular formula is C19H19ClFN3OS. The molecule has 1 atom stereocenters. The molecule has 0 aliphatic carbocycles. The van der Waals surface area contributed by atoms with E-state index in [0.29, 0.717) is 24.4 Å². The molecule has 1 amide bonds. The zero-order chi connectivity index (χ0) is 18.7. The molecule has 0 bridgehead atoms. The summed E-state index contributed by atoms with van der Waals surface area (Å²) in [5.41, 5.74) is 0.575. The predicted octanol–water partition coefficient (Wildman–Crippen LogP) is 3.64. The average molecular weight is 392 g/mol. The van der Waals surface area contributed by atoms with E-state index in [1.807, 2.05) is 13.0 Å². The molecule has 3 rings (SSSR count). The SMILES string of the molecule is C[C@]1(NC(=O)c2cccc(Cl)n2)CCN(CCc2cccc(F)c2)C1=S. The number of nitrogens with one attached hydrogen (secondary N) is 1. The van der Waals surface area contributed by atoms with E-state index in [2.05, 4.69) is 15.2 Å². The molecule has 26 heavy (non-hydrogen) atoms. The predicted molar refractivity (Wildman–Crippen MR) is 104 cm³/mol. The minimum atomic E-state index is -0.613. The highest BCUT2D eigenvalue weighted by molar-refractivity contribution is 7.80. The van der Waals surface area contributed by atoms with Crippen LogP contribution in [0.4, 0.5) is 4.39 Å². The molecule has 4 nitrogen and oxygen atoms in total. The number of carbonyl (C=O) groups excluding carboxylic acids is 1. The van der Waals surface area contributed by atoms with Gasteiger partial charge in [-0.1, -0.05) is 42.0 Å². The highest BCUT2D eigenvalue weighted by atomic mass is 35.5. The van der Waals surface area contributed by atoms with Gasteiger partial charge in [0.1, 0.15) is 21.7 Å². The summed E-state index contributed by atoms with van der Waals surface area (Å²) in [6.07, 6.45) is 1.40.